The Morgan fingerprint density at radius 3 is 2.33 bits per heavy atom. The van der Waals surface area contributed by atoms with Crippen molar-refractivity contribution >= 4 is 21.7 Å². The fourth-order valence-electron chi connectivity index (χ4n) is 2.64. The smallest absolute Gasteiger partial charge is 0.326 e. The van der Waals surface area contributed by atoms with Crippen molar-refractivity contribution in [3.63, 3.8) is 0 Å². The molecule has 2 N–H and O–H groups in total. The molecule has 0 aliphatic rings. The minimum atomic E-state index is -3.54. The second-order valence-electron chi connectivity index (χ2n) is 6.45. The summed E-state index contributed by atoms with van der Waals surface area (Å²) in [7, 11) is -3.54. The SMILES string of the molecule is CCC(C)C(NC(=O)c1cccc(CS(=O)(=O)c2ccccc2)c1)C(=O)O. The highest BCUT2D eigenvalue weighted by Crippen LogP contribution is 2.17. The van der Waals surface area contributed by atoms with Crippen LogP contribution >= 0.6 is 0 Å². The van der Waals surface area contributed by atoms with Crippen LogP contribution in [0, 0.1) is 5.92 Å². The van der Waals surface area contributed by atoms with Crippen LogP contribution in [0.2, 0.25) is 0 Å². The monoisotopic (exact) mass is 389 g/mol. The lowest BCUT2D eigenvalue weighted by Crippen LogP contribution is -2.45. The number of carboxylic acid groups (broad SMARTS) is 1. The minimum absolute atomic E-state index is 0.211. The van der Waals surface area contributed by atoms with Crippen LogP contribution in [-0.2, 0) is 20.4 Å². The van der Waals surface area contributed by atoms with E-state index < -0.39 is 27.8 Å². The summed E-state index contributed by atoms with van der Waals surface area (Å²) in [6, 6.07) is 13.3. The topological polar surface area (TPSA) is 101 Å². The second-order valence-corrected chi connectivity index (χ2v) is 8.44. The summed E-state index contributed by atoms with van der Waals surface area (Å²) in [5, 5.41) is 11.8. The van der Waals surface area contributed by atoms with Gasteiger partial charge in [0.25, 0.3) is 5.91 Å². The first-order chi connectivity index (χ1) is 12.7. The van der Waals surface area contributed by atoms with E-state index >= 15 is 0 Å². The fourth-order valence-corrected chi connectivity index (χ4v) is 4.00. The van der Waals surface area contributed by atoms with Crippen LogP contribution in [0.5, 0.6) is 0 Å². The van der Waals surface area contributed by atoms with Crippen LogP contribution < -0.4 is 5.32 Å². The molecule has 27 heavy (non-hydrogen) atoms. The summed E-state index contributed by atoms with van der Waals surface area (Å²) >= 11 is 0. The summed E-state index contributed by atoms with van der Waals surface area (Å²) in [6.07, 6.45) is 0.604. The molecule has 0 spiro atoms. The van der Waals surface area contributed by atoms with Gasteiger partial charge in [0.2, 0.25) is 0 Å². The number of amides is 1. The average molecular weight is 389 g/mol. The highest BCUT2D eigenvalue weighted by atomic mass is 32.2. The number of carbonyl (C=O) groups is 2. The third kappa shape index (κ3) is 5.40. The zero-order valence-electron chi connectivity index (χ0n) is 15.3. The van der Waals surface area contributed by atoms with Crippen LogP contribution in [0.15, 0.2) is 59.5 Å². The molecule has 2 aromatic rings. The van der Waals surface area contributed by atoms with Gasteiger partial charge in [-0.1, -0.05) is 50.6 Å². The number of aliphatic carboxylic acids is 1. The Bertz CT molecular complexity index is 909. The first kappa shape index (κ1) is 20.6. The molecular weight excluding hydrogens is 366 g/mol. The number of carbonyl (C=O) groups excluding carboxylic acids is 1. The maximum atomic E-state index is 12.5. The Hall–Kier alpha value is -2.67. The first-order valence-electron chi connectivity index (χ1n) is 8.65. The zero-order chi connectivity index (χ0) is 20.0. The Labute approximate surface area is 159 Å². The molecule has 2 atom stereocenters. The standard InChI is InChI=1S/C20H23NO5S/c1-3-14(2)18(20(23)24)21-19(22)16-9-7-8-15(12-16)13-27(25,26)17-10-5-4-6-11-17/h4-12,14,18H,3,13H2,1-2H3,(H,21,22)(H,23,24). The molecule has 0 radical (unpaired) electrons. The lowest BCUT2D eigenvalue weighted by molar-refractivity contribution is -0.140. The number of hydrogen-bond acceptors (Lipinski definition) is 4. The van der Waals surface area contributed by atoms with Crippen molar-refractivity contribution in [3.8, 4) is 0 Å². The number of carboxylic acids is 1. The zero-order valence-corrected chi connectivity index (χ0v) is 16.1. The van der Waals surface area contributed by atoms with E-state index in [1.165, 1.54) is 24.3 Å². The fraction of sp³-hybridized carbons (Fsp3) is 0.300. The maximum Gasteiger partial charge on any atom is 0.326 e. The van der Waals surface area contributed by atoms with Crippen LogP contribution in [-0.4, -0.2) is 31.4 Å². The maximum absolute atomic E-state index is 12.5. The van der Waals surface area contributed by atoms with Crippen molar-refractivity contribution in [3.05, 3.63) is 65.7 Å². The lowest BCUT2D eigenvalue weighted by atomic mass is 9.99. The molecule has 1 amide bonds. The van der Waals surface area contributed by atoms with E-state index in [2.05, 4.69) is 5.32 Å². The first-order valence-corrected chi connectivity index (χ1v) is 10.3. The van der Waals surface area contributed by atoms with Gasteiger partial charge in [-0.3, -0.25) is 4.79 Å². The molecule has 2 aromatic carbocycles. The van der Waals surface area contributed by atoms with Crippen molar-refractivity contribution < 1.29 is 23.1 Å². The van der Waals surface area contributed by atoms with Crippen LogP contribution in [0.1, 0.15) is 36.2 Å². The molecular formula is C20H23NO5S. The largest absolute Gasteiger partial charge is 0.480 e. The summed E-state index contributed by atoms with van der Waals surface area (Å²) in [5.41, 5.74) is 0.687. The van der Waals surface area contributed by atoms with Crippen molar-refractivity contribution in [1.29, 1.82) is 0 Å². The molecule has 0 saturated carbocycles. The molecule has 0 aliphatic carbocycles. The Morgan fingerprint density at radius 2 is 1.74 bits per heavy atom. The number of hydrogen-bond donors (Lipinski definition) is 2. The molecule has 0 saturated heterocycles. The van der Waals surface area contributed by atoms with Gasteiger partial charge in [0, 0.05) is 5.56 Å². The van der Waals surface area contributed by atoms with E-state index in [4.69, 9.17) is 0 Å². The van der Waals surface area contributed by atoms with Gasteiger partial charge in [0.05, 0.1) is 10.6 Å². The van der Waals surface area contributed by atoms with Crippen molar-refractivity contribution in [2.45, 2.75) is 37.0 Å². The summed E-state index contributed by atoms with van der Waals surface area (Å²) in [5.74, 6) is -2.11. The lowest BCUT2D eigenvalue weighted by Gasteiger charge is -2.20. The van der Waals surface area contributed by atoms with Gasteiger partial charge >= 0.3 is 5.97 Å². The molecule has 0 fully saturated rings. The highest BCUT2D eigenvalue weighted by Gasteiger charge is 2.26. The molecule has 2 unspecified atom stereocenters. The van der Waals surface area contributed by atoms with E-state index in [1.807, 2.05) is 6.92 Å². The van der Waals surface area contributed by atoms with Gasteiger partial charge in [0.1, 0.15) is 6.04 Å². The third-order valence-electron chi connectivity index (χ3n) is 4.41. The Kier molecular flexibility index (Phi) is 6.74. The van der Waals surface area contributed by atoms with E-state index in [0.717, 1.165) is 0 Å². The third-order valence-corrected chi connectivity index (χ3v) is 6.12. The minimum Gasteiger partial charge on any atom is -0.480 e. The van der Waals surface area contributed by atoms with E-state index in [-0.39, 0.29) is 22.1 Å². The van der Waals surface area contributed by atoms with E-state index in [1.54, 1.807) is 37.3 Å². The molecule has 144 valence electrons. The number of sulfone groups is 1. The van der Waals surface area contributed by atoms with Crippen molar-refractivity contribution in [2.24, 2.45) is 5.92 Å². The molecule has 0 heterocycles. The van der Waals surface area contributed by atoms with Gasteiger partial charge in [-0.05, 0) is 35.7 Å². The Morgan fingerprint density at radius 1 is 1.07 bits per heavy atom. The van der Waals surface area contributed by atoms with Gasteiger partial charge in [-0.2, -0.15) is 0 Å². The van der Waals surface area contributed by atoms with Crippen LogP contribution in [0.25, 0.3) is 0 Å². The quantitative estimate of drug-likeness (QED) is 0.723. The summed E-state index contributed by atoms with van der Waals surface area (Å²) in [6.45, 7) is 3.60. The summed E-state index contributed by atoms with van der Waals surface area (Å²) in [4.78, 5) is 24.0. The normalized spacial score (nSPS) is 13.6. The Balaban J connectivity index is 2.19. The van der Waals surface area contributed by atoms with Crippen LogP contribution in [0.3, 0.4) is 0 Å². The number of benzene rings is 2. The van der Waals surface area contributed by atoms with Crippen LogP contribution in [0.4, 0.5) is 0 Å². The van der Waals surface area contributed by atoms with Crippen molar-refractivity contribution in [2.75, 3.05) is 0 Å². The predicted octanol–water partition coefficient (Wildman–Crippen LogP) is 2.89. The van der Waals surface area contributed by atoms with E-state index in [9.17, 15) is 23.1 Å². The molecule has 0 aliphatic heterocycles. The molecule has 0 bridgehead atoms. The molecule has 7 heteroatoms. The average Bonchev–Trinajstić information content (AvgIpc) is 2.65. The highest BCUT2D eigenvalue weighted by molar-refractivity contribution is 7.90. The molecule has 6 nitrogen and oxygen atoms in total. The number of nitrogens with one attached hydrogen (secondary N) is 1. The van der Waals surface area contributed by atoms with Gasteiger partial charge in [-0.15, -0.1) is 0 Å². The van der Waals surface area contributed by atoms with Gasteiger partial charge < -0.3 is 10.4 Å². The van der Waals surface area contributed by atoms with Gasteiger partial charge in [-0.25, -0.2) is 13.2 Å². The van der Waals surface area contributed by atoms with E-state index in [0.29, 0.717) is 12.0 Å². The molecule has 2 rings (SSSR count). The molecule has 0 aromatic heterocycles. The second kappa shape index (κ2) is 8.81. The predicted molar refractivity (Wildman–Crippen MR) is 102 cm³/mol. The van der Waals surface area contributed by atoms with Gasteiger partial charge in [0.15, 0.2) is 9.84 Å². The summed E-state index contributed by atoms with van der Waals surface area (Å²) < 4.78 is 25.0. The van der Waals surface area contributed by atoms with Crippen molar-refractivity contribution in [1.82, 2.24) is 5.32 Å². The number of rotatable bonds is 8.